The summed E-state index contributed by atoms with van der Waals surface area (Å²) in [4.78, 5) is 18.6. The zero-order chi connectivity index (χ0) is 21.0. The third-order valence-corrected chi connectivity index (χ3v) is 5.47. The van der Waals surface area contributed by atoms with E-state index in [0.29, 0.717) is 31.7 Å². The molecule has 2 aromatic rings. The smallest absolute Gasteiger partial charge is 0.357 e. The zero-order valence-electron chi connectivity index (χ0n) is 16.7. The van der Waals surface area contributed by atoms with E-state index in [4.69, 9.17) is 0 Å². The van der Waals surface area contributed by atoms with E-state index in [1.807, 2.05) is 43.0 Å². The monoisotopic (exact) mass is 405 g/mol. The molecule has 156 valence electrons. The molecule has 0 saturated carbocycles. The molecule has 0 spiro atoms. The van der Waals surface area contributed by atoms with Gasteiger partial charge >= 0.3 is 6.18 Å². The van der Waals surface area contributed by atoms with Crippen LogP contribution in [0.25, 0.3) is 0 Å². The maximum atomic E-state index is 12.7. The summed E-state index contributed by atoms with van der Waals surface area (Å²) in [6, 6.07) is 10.6. The van der Waals surface area contributed by atoms with Crippen molar-refractivity contribution in [2.75, 3.05) is 18.0 Å². The molecule has 1 saturated heterocycles. The van der Waals surface area contributed by atoms with E-state index < -0.39 is 11.7 Å². The summed E-state index contributed by atoms with van der Waals surface area (Å²) >= 11 is 0. The highest BCUT2D eigenvalue weighted by Gasteiger charge is 2.31. The van der Waals surface area contributed by atoms with Crippen LogP contribution in [0.3, 0.4) is 0 Å². The predicted molar refractivity (Wildman–Crippen MR) is 107 cm³/mol. The number of hydrogen-bond acceptors (Lipinski definition) is 3. The number of amides is 1. The Bertz CT molecular complexity index is 811. The van der Waals surface area contributed by atoms with Crippen LogP contribution in [0.2, 0.25) is 0 Å². The SMILES string of the molecule is CC[C@H](NC(=O)C1CCN(c2ccc(C(F)(F)F)cn2)CC1)c1ccc(C)cc1. The van der Waals surface area contributed by atoms with Gasteiger partial charge in [-0.3, -0.25) is 4.79 Å². The molecular formula is C22H26F3N3O. The second kappa shape index (κ2) is 8.84. The lowest BCUT2D eigenvalue weighted by molar-refractivity contribution is -0.137. The van der Waals surface area contributed by atoms with Crippen molar-refractivity contribution >= 4 is 11.7 Å². The van der Waals surface area contributed by atoms with Crippen molar-refractivity contribution in [3.8, 4) is 0 Å². The van der Waals surface area contributed by atoms with Crippen LogP contribution in [-0.2, 0) is 11.0 Å². The minimum Gasteiger partial charge on any atom is -0.357 e. The Morgan fingerprint density at radius 2 is 1.83 bits per heavy atom. The van der Waals surface area contributed by atoms with Gasteiger partial charge in [0.25, 0.3) is 0 Å². The van der Waals surface area contributed by atoms with Crippen molar-refractivity contribution in [1.29, 1.82) is 0 Å². The average Bonchev–Trinajstić information content (AvgIpc) is 2.72. The standard InChI is InChI=1S/C22H26F3N3O/c1-3-19(16-6-4-15(2)5-7-16)27-21(29)17-10-12-28(13-11-17)20-9-8-18(14-26-20)22(23,24)25/h4-9,14,17,19H,3,10-13H2,1-2H3,(H,27,29)/t19-/m0/s1. The molecular weight excluding hydrogens is 379 g/mol. The molecule has 0 radical (unpaired) electrons. The number of aromatic nitrogens is 1. The van der Waals surface area contributed by atoms with Crippen LogP contribution < -0.4 is 10.2 Å². The molecule has 1 aliphatic rings. The number of pyridine rings is 1. The highest BCUT2D eigenvalue weighted by Crippen LogP contribution is 2.30. The number of nitrogens with one attached hydrogen (secondary N) is 1. The van der Waals surface area contributed by atoms with Crippen LogP contribution in [0.15, 0.2) is 42.6 Å². The summed E-state index contributed by atoms with van der Waals surface area (Å²) in [5, 5.41) is 3.15. The van der Waals surface area contributed by atoms with Crippen LogP contribution in [0.4, 0.5) is 19.0 Å². The van der Waals surface area contributed by atoms with Gasteiger partial charge in [0.15, 0.2) is 0 Å². The second-order valence-electron chi connectivity index (χ2n) is 7.54. The topological polar surface area (TPSA) is 45.2 Å². The zero-order valence-corrected chi connectivity index (χ0v) is 16.7. The normalized spacial score (nSPS) is 16.5. The Morgan fingerprint density at radius 3 is 2.34 bits per heavy atom. The Morgan fingerprint density at radius 1 is 1.17 bits per heavy atom. The fraction of sp³-hybridized carbons (Fsp3) is 0.455. The van der Waals surface area contributed by atoms with E-state index in [0.717, 1.165) is 24.2 Å². The van der Waals surface area contributed by atoms with E-state index in [1.165, 1.54) is 11.6 Å². The number of piperidine rings is 1. The number of carbonyl (C=O) groups excluding carboxylic acids is 1. The Hall–Kier alpha value is -2.57. The van der Waals surface area contributed by atoms with Crippen molar-refractivity contribution in [1.82, 2.24) is 10.3 Å². The van der Waals surface area contributed by atoms with E-state index in [2.05, 4.69) is 10.3 Å². The van der Waals surface area contributed by atoms with E-state index in [-0.39, 0.29) is 17.9 Å². The maximum absolute atomic E-state index is 12.7. The first kappa shape index (κ1) is 21.1. The first-order valence-corrected chi connectivity index (χ1v) is 9.93. The molecule has 1 aromatic heterocycles. The summed E-state index contributed by atoms with van der Waals surface area (Å²) in [5.74, 6) is 0.459. The Balaban J connectivity index is 1.55. The Labute approximate surface area is 169 Å². The summed E-state index contributed by atoms with van der Waals surface area (Å²) in [6.45, 7) is 5.27. The van der Waals surface area contributed by atoms with Crippen LogP contribution in [0.5, 0.6) is 0 Å². The van der Waals surface area contributed by atoms with Crippen LogP contribution in [0, 0.1) is 12.8 Å². The summed E-state index contributed by atoms with van der Waals surface area (Å²) in [6.07, 6.45) is -1.41. The third-order valence-electron chi connectivity index (χ3n) is 5.47. The minimum atomic E-state index is -4.39. The first-order valence-electron chi connectivity index (χ1n) is 9.93. The number of rotatable bonds is 5. The lowest BCUT2D eigenvalue weighted by atomic mass is 9.94. The number of hydrogen-bond donors (Lipinski definition) is 1. The highest BCUT2D eigenvalue weighted by molar-refractivity contribution is 5.79. The molecule has 0 bridgehead atoms. The fourth-order valence-corrected chi connectivity index (χ4v) is 3.62. The van der Waals surface area contributed by atoms with Gasteiger partial charge in [-0.05, 0) is 43.9 Å². The van der Waals surface area contributed by atoms with Gasteiger partial charge in [-0.15, -0.1) is 0 Å². The van der Waals surface area contributed by atoms with Crippen molar-refractivity contribution < 1.29 is 18.0 Å². The largest absolute Gasteiger partial charge is 0.417 e. The highest BCUT2D eigenvalue weighted by atomic mass is 19.4. The van der Waals surface area contributed by atoms with Crippen molar-refractivity contribution in [2.45, 2.75) is 45.3 Å². The molecule has 1 aliphatic heterocycles. The number of alkyl halides is 3. The molecule has 1 atom stereocenters. The van der Waals surface area contributed by atoms with Gasteiger partial charge in [-0.25, -0.2) is 4.98 Å². The number of anilines is 1. The summed E-state index contributed by atoms with van der Waals surface area (Å²) in [5.41, 5.74) is 1.52. The van der Waals surface area contributed by atoms with Gasteiger partial charge in [-0.2, -0.15) is 13.2 Å². The van der Waals surface area contributed by atoms with Gasteiger partial charge in [-0.1, -0.05) is 36.8 Å². The second-order valence-corrected chi connectivity index (χ2v) is 7.54. The molecule has 1 fully saturated rings. The van der Waals surface area contributed by atoms with Gasteiger partial charge in [0.2, 0.25) is 5.91 Å². The maximum Gasteiger partial charge on any atom is 0.417 e. The number of halogens is 3. The number of aryl methyl sites for hydroxylation is 1. The van der Waals surface area contributed by atoms with Gasteiger partial charge < -0.3 is 10.2 Å². The summed E-state index contributed by atoms with van der Waals surface area (Å²) in [7, 11) is 0. The molecule has 1 N–H and O–H groups in total. The predicted octanol–water partition coefficient (Wildman–Crippen LogP) is 4.89. The van der Waals surface area contributed by atoms with Gasteiger partial charge in [0, 0.05) is 25.2 Å². The molecule has 1 aromatic carbocycles. The fourth-order valence-electron chi connectivity index (χ4n) is 3.62. The molecule has 1 amide bonds. The van der Waals surface area contributed by atoms with Crippen molar-refractivity contribution in [3.63, 3.8) is 0 Å². The molecule has 2 heterocycles. The van der Waals surface area contributed by atoms with Gasteiger partial charge in [0.05, 0.1) is 11.6 Å². The lowest BCUT2D eigenvalue weighted by Crippen LogP contribution is -2.41. The number of nitrogens with zero attached hydrogens (tertiary/aromatic N) is 2. The van der Waals surface area contributed by atoms with Crippen LogP contribution in [0.1, 0.15) is 48.9 Å². The van der Waals surface area contributed by atoms with E-state index in [1.54, 1.807) is 0 Å². The van der Waals surface area contributed by atoms with Crippen molar-refractivity contribution in [2.24, 2.45) is 5.92 Å². The third kappa shape index (κ3) is 5.28. The minimum absolute atomic E-state index is 0.0160. The first-order chi connectivity index (χ1) is 13.8. The molecule has 29 heavy (non-hydrogen) atoms. The molecule has 0 unspecified atom stereocenters. The molecule has 3 rings (SSSR count). The quantitative estimate of drug-likeness (QED) is 0.770. The molecule has 0 aliphatic carbocycles. The van der Waals surface area contributed by atoms with Crippen molar-refractivity contribution in [3.05, 3.63) is 59.3 Å². The molecule has 7 heteroatoms. The van der Waals surface area contributed by atoms with E-state index in [9.17, 15) is 18.0 Å². The van der Waals surface area contributed by atoms with Crippen LogP contribution in [-0.4, -0.2) is 24.0 Å². The molecule has 4 nitrogen and oxygen atoms in total. The van der Waals surface area contributed by atoms with Gasteiger partial charge in [0.1, 0.15) is 5.82 Å². The summed E-state index contributed by atoms with van der Waals surface area (Å²) < 4.78 is 38.0. The lowest BCUT2D eigenvalue weighted by Gasteiger charge is -2.33. The average molecular weight is 405 g/mol. The van der Waals surface area contributed by atoms with E-state index >= 15 is 0 Å². The number of carbonyl (C=O) groups is 1. The van der Waals surface area contributed by atoms with Crippen LogP contribution >= 0.6 is 0 Å². The Kier molecular flexibility index (Phi) is 6.45. The number of benzene rings is 1.